The lowest BCUT2D eigenvalue weighted by molar-refractivity contribution is -0.140. The minimum Gasteiger partial charge on any atom is -0.466 e. The average molecular weight is 370 g/mol. The molecule has 0 spiro atoms. The molecule has 0 saturated heterocycles. The smallest absolute Gasteiger partial charge is 0.407 e. The number of ether oxygens (including phenoxy) is 2. The molecule has 1 rings (SSSR count). The van der Waals surface area contributed by atoms with Crippen molar-refractivity contribution >= 4 is 18.0 Å². The third kappa shape index (κ3) is 10.3. The van der Waals surface area contributed by atoms with Crippen molar-refractivity contribution in [3.8, 4) is 0 Å². The van der Waals surface area contributed by atoms with Crippen molar-refractivity contribution < 1.29 is 28.2 Å². The summed E-state index contributed by atoms with van der Waals surface area (Å²) in [5.74, 6) is -1.13. The number of hydrogen-bond acceptors (Lipinski definition) is 5. The number of amides is 2. The molecule has 2 N–H and O–H groups in total. The first-order valence-electron chi connectivity index (χ1n) is 8.10. The van der Waals surface area contributed by atoms with Crippen molar-refractivity contribution in [2.24, 2.45) is 0 Å². The van der Waals surface area contributed by atoms with E-state index >= 15 is 0 Å². The maximum atomic E-state index is 13.2. The molecule has 26 heavy (non-hydrogen) atoms. The monoisotopic (exact) mass is 370 g/mol. The van der Waals surface area contributed by atoms with Gasteiger partial charge in [-0.05, 0) is 45.4 Å². The predicted molar refractivity (Wildman–Crippen MR) is 95.2 cm³/mol. The van der Waals surface area contributed by atoms with Gasteiger partial charge in [0.25, 0.3) is 5.91 Å². The zero-order valence-corrected chi connectivity index (χ0v) is 16.1. The minimum atomic E-state index is -0.601. The summed E-state index contributed by atoms with van der Waals surface area (Å²) in [4.78, 5) is 33.0. The summed E-state index contributed by atoms with van der Waals surface area (Å²) in [5.41, 5.74) is 0.0939. The Kier molecular flexibility index (Phi) is 9.94. The first-order valence-corrected chi connectivity index (χ1v) is 8.10. The fourth-order valence-corrected chi connectivity index (χ4v) is 1.73. The van der Waals surface area contributed by atoms with Crippen molar-refractivity contribution in [3.05, 3.63) is 35.1 Å². The normalized spacial score (nSPS) is 10.1. The van der Waals surface area contributed by atoms with Crippen LogP contribution in [0.2, 0.25) is 0 Å². The van der Waals surface area contributed by atoms with Crippen molar-refractivity contribution in [3.63, 3.8) is 0 Å². The quantitative estimate of drug-likeness (QED) is 0.795. The SMILES string of the molecule is CCOC(C)=O.CNC(=O)c1cc(F)ccc1CNC(=O)OC(C)(C)C. The molecule has 2 amide bonds. The summed E-state index contributed by atoms with van der Waals surface area (Å²) in [5, 5.41) is 4.96. The van der Waals surface area contributed by atoms with Crippen LogP contribution in [0.3, 0.4) is 0 Å². The van der Waals surface area contributed by atoms with Gasteiger partial charge in [-0.25, -0.2) is 9.18 Å². The largest absolute Gasteiger partial charge is 0.466 e. The Morgan fingerprint density at radius 3 is 2.23 bits per heavy atom. The fraction of sp³-hybridized carbons (Fsp3) is 0.500. The van der Waals surface area contributed by atoms with Gasteiger partial charge >= 0.3 is 12.1 Å². The lowest BCUT2D eigenvalue weighted by atomic mass is 10.1. The highest BCUT2D eigenvalue weighted by atomic mass is 19.1. The number of halogens is 1. The van der Waals surface area contributed by atoms with E-state index in [4.69, 9.17) is 4.74 Å². The first kappa shape index (κ1) is 23.4. The zero-order valence-electron chi connectivity index (χ0n) is 16.1. The second-order valence-electron chi connectivity index (χ2n) is 6.16. The number of nitrogens with one attached hydrogen (secondary N) is 2. The number of rotatable bonds is 4. The Morgan fingerprint density at radius 1 is 1.19 bits per heavy atom. The predicted octanol–water partition coefficient (Wildman–Crippen LogP) is 2.78. The van der Waals surface area contributed by atoms with Crippen LogP contribution < -0.4 is 10.6 Å². The molecule has 146 valence electrons. The van der Waals surface area contributed by atoms with Gasteiger partial charge in [-0.3, -0.25) is 9.59 Å². The summed E-state index contributed by atoms with van der Waals surface area (Å²) >= 11 is 0. The second-order valence-corrected chi connectivity index (χ2v) is 6.16. The molecule has 8 heteroatoms. The summed E-state index contributed by atoms with van der Waals surface area (Å²) in [6.45, 7) is 8.99. The highest BCUT2D eigenvalue weighted by Gasteiger charge is 2.17. The molecule has 0 aromatic heterocycles. The van der Waals surface area contributed by atoms with Gasteiger partial charge in [-0.15, -0.1) is 0 Å². The second kappa shape index (κ2) is 11.1. The van der Waals surface area contributed by atoms with E-state index in [2.05, 4.69) is 15.4 Å². The Hall–Kier alpha value is -2.64. The van der Waals surface area contributed by atoms with Crippen LogP contribution >= 0.6 is 0 Å². The number of hydrogen-bond donors (Lipinski definition) is 2. The molecule has 7 nitrogen and oxygen atoms in total. The van der Waals surface area contributed by atoms with Crippen LogP contribution in [0.25, 0.3) is 0 Å². The lowest BCUT2D eigenvalue weighted by Gasteiger charge is -2.20. The van der Waals surface area contributed by atoms with E-state index in [1.165, 1.54) is 26.1 Å². The third-order valence-electron chi connectivity index (χ3n) is 2.71. The lowest BCUT2D eigenvalue weighted by Crippen LogP contribution is -2.32. The average Bonchev–Trinajstić information content (AvgIpc) is 2.51. The molecular formula is C18H27FN2O5. The summed E-state index contributed by atoms with van der Waals surface area (Å²) in [6, 6.07) is 3.82. The van der Waals surface area contributed by atoms with Crippen molar-refractivity contribution in [2.45, 2.75) is 46.8 Å². The minimum absolute atomic E-state index is 0.0813. The molecule has 0 aliphatic rings. The maximum absolute atomic E-state index is 13.2. The molecule has 0 atom stereocenters. The van der Waals surface area contributed by atoms with Gasteiger partial charge < -0.3 is 20.1 Å². The molecule has 1 aromatic carbocycles. The Morgan fingerprint density at radius 2 is 1.81 bits per heavy atom. The van der Waals surface area contributed by atoms with Gasteiger partial charge in [0.2, 0.25) is 0 Å². The maximum Gasteiger partial charge on any atom is 0.407 e. The van der Waals surface area contributed by atoms with E-state index in [0.29, 0.717) is 12.2 Å². The van der Waals surface area contributed by atoms with E-state index < -0.39 is 23.4 Å². The van der Waals surface area contributed by atoms with Crippen LogP contribution in [0.15, 0.2) is 18.2 Å². The summed E-state index contributed by atoms with van der Waals surface area (Å²) in [7, 11) is 1.46. The Labute approximate surface area is 153 Å². The fourth-order valence-electron chi connectivity index (χ4n) is 1.73. The van der Waals surface area contributed by atoms with Crippen molar-refractivity contribution in [2.75, 3.05) is 13.7 Å². The highest BCUT2D eigenvalue weighted by Crippen LogP contribution is 2.12. The summed E-state index contributed by atoms with van der Waals surface area (Å²) < 4.78 is 22.7. The number of alkyl carbamates (subject to hydrolysis) is 1. The van der Waals surface area contributed by atoms with Crippen LogP contribution in [0, 0.1) is 5.82 Å². The molecule has 0 saturated carbocycles. The molecule has 0 unspecified atom stereocenters. The molecule has 1 aromatic rings. The Bertz CT molecular complexity index is 626. The van der Waals surface area contributed by atoms with E-state index in [1.807, 2.05) is 0 Å². The van der Waals surface area contributed by atoms with E-state index in [9.17, 15) is 18.8 Å². The zero-order chi connectivity index (χ0) is 20.3. The van der Waals surface area contributed by atoms with Gasteiger partial charge in [0.1, 0.15) is 11.4 Å². The Balaban J connectivity index is 0.000000896. The van der Waals surface area contributed by atoms with Gasteiger partial charge in [-0.2, -0.15) is 0 Å². The number of carbonyl (C=O) groups excluding carboxylic acids is 3. The first-order chi connectivity index (χ1) is 12.0. The summed E-state index contributed by atoms with van der Waals surface area (Å²) in [6.07, 6.45) is -0.593. The van der Waals surface area contributed by atoms with Crippen LogP contribution in [-0.4, -0.2) is 37.2 Å². The number of carbonyl (C=O) groups is 3. The van der Waals surface area contributed by atoms with Gasteiger partial charge in [0, 0.05) is 26.1 Å². The number of benzene rings is 1. The third-order valence-corrected chi connectivity index (χ3v) is 2.71. The molecule has 0 bridgehead atoms. The van der Waals surface area contributed by atoms with Gasteiger partial charge in [-0.1, -0.05) is 6.07 Å². The number of esters is 1. The van der Waals surface area contributed by atoms with Crippen LogP contribution in [0.1, 0.15) is 50.5 Å². The van der Waals surface area contributed by atoms with E-state index in [1.54, 1.807) is 27.7 Å². The molecule has 0 aliphatic heterocycles. The molecule has 0 radical (unpaired) electrons. The van der Waals surface area contributed by atoms with Gasteiger partial charge in [0.15, 0.2) is 0 Å². The molecular weight excluding hydrogens is 343 g/mol. The van der Waals surface area contributed by atoms with E-state index in [-0.39, 0.29) is 18.1 Å². The van der Waals surface area contributed by atoms with Crippen molar-refractivity contribution in [1.82, 2.24) is 10.6 Å². The van der Waals surface area contributed by atoms with Crippen molar-refractivity contribution in [1.29, 1.82) is 0 Å². The molecule has 0 aliphatic carbocycles. The van der Waals surface area contributed by atoms with Crippen LogP contribution in [-0.2, 0) is 20.8 Å². The van der Waals surface area contributed by atoms with E-state index in [0.717, 1.165) is 6.07 Å². The highest BCUT2D eigenvalue weighted by molar-refractivity contribution is 5.95. The van der Waals surface area contributed by atoms with Gasteiger partial charge in [0.05, 0.1) is 6.61 Å². The van der Waals surface area contributed by atoms with Crippen LogP contribution in [0.4, 0.5) is 9.18 Å². The van der Waals surface area contributed by atoms with Crippen LogP contribution in [0.5, 0.6) is 0 Å². The topological polar surface area (TPSA) is 93.7 Å². The molecule has 0 heterocycles. The molecule has 0 fully saturated rings. The standard InChI is InChI=1S/C14H19FN2O3.C4H8O2/c1-14(2,3)20-13(19)17-8-9-5-6-10(15)7-11(9)12(18)16-4;1-3-6-4(2)5/h5-7H,8H2,1-4H3,(H,16,18)(H,17,19);3H2,1-2H3.